The van der Waals surface area contributed by atoms with Gasteiger partial charge in [0.15, 0.2) is 0 Å². The van der Waals surface area contributed by atoms with Gasteiger partial charge >= 0.3 is 6.01 Å². The summed E-state index contributed by atoms with van der Waals surface area (Å²) in [7, 11) is 0. The minimum atomic E-state index is -0.716. The Kier molecular flexibility index (Phi) is 5.13. The van der Waals surface area contributed by atoms with Crippen LogP contribution in [0.3, 0.4) is 0 Å². The molecule has 118 valence electrons. The predicted octanol–water partition coefficient (Wildman–Crippen LogP) is 0.909. The fourth-order valence-electron chi connectivity index (χ4n) is 2.73. The van der Waals surface area contributed by atoms with Crippen LogP contribution in [0.5, 0.6) is 6.01 Å². The quantitative estimate of drug-likeness (QED) is 0.452. The molecule has 1 heterocycles. The van der Waals surface area contributed by atoms with Gasteiger partial charge in [-0.3, -0.25) is 5.43 Å². The lowest BCUT2D eigenvalue weighted by Crippen LogP contribution is -2.41. The first-order valence-corrected chi connectivity index (χ1v) is 7.36. The zero-order valence-electron chi connectivity index (χ0n) is 12.6. The van der Waals surface area contributed by atoms with E-state index in [1.54, 1.807) is 0 Å². The Balaban J connectivity index is 2.03. The highest BCUT2D eigenvalue weighted by atomic mass is 16.5. The van der Waals surface area contributed by atoms with E-state index in [0.717, 1.165) is 19.3 Å². The Morgan fingerprint density at radius 3 is 2.81 bits per heavy atom. The van der Waals surface area contributed by atoms with Crippen LogP contribution in [0.25, 0.3) is 0 Å². The highest BCUT2D eigenvalue weighted by Crippen LogP contribution is 2.32. The van der Waals surface area contributed by atoms with E-state index >= 15 is 0 Å². The summed E-state index contributed by atoms with van der Waals surface area (Å²) in [6.45, 7) is 4.86. The van der Waals surface area contributed by atoms with Crippen LogP contribution in [0.4, 0.5) is 11.9 Å². The molecule has 0 bridgehead atoms. The number of aliphatic hydroxyl groups is 1. The average molecular weight is 296 g/mol. The van der Waals surface area contributed by atoms with Crippen molar-refractivity contribution in [1.82, 2.24) is 15.0 Å². The third-order valence-corrected chi connectivity index (χ3v) is 3.66. The van der Waals surface area contributed by atoms with Crippen LogP contribution < -0.4 is 21.3 Å². The summed E-state index contributed by atoms with van der Waals surface area (Å²) in [5.41, 5.74) is 1.66. The van der Waals surface area contributed by atoms with Crippen molar-refractivity contribution < 1.29 is 9.84 Å². The molecule has 0 aliphatic heterocycles. The summed E-state index contributed by atoms with van der Waals surface area (Å²) in [6, 6.07) is 0.201. The number of aromatic nitrogens is 3. The van der Waals surface area contributed by atoms with Crippen LogP contribution in [-0.4, -0.2) is 38.8 Å². The monoisotopic (exact) mass is 296 g/mol. The van der Waals surface area contributed by atoms with E-state index in [-0.39, 0.29) is 12.0 Å². The maximum Gasteiger partial charge on any atom is 0.323 e. The molecule has 0 saturated heterocycles. The SMILES string of the molecule is CCOc1nc(NN)nc(NCC2(O)CCCC(C)C2)n1. The average Bonchev–Trinajstić information content (AvgIpc) is 2.45. The van der Waals surface area contributed by atoms with Gasteiger partial charge in [0, 0.05) is 6.54 Å². The highest BCUT2D eigenvalue weighted by molar-refractivity contribution is 5.35. The first-order chi connectivity index (χ1) is 10.0. The number of ether oxygens (including phenoxy) is 1. The summed E-state index contributed by atoms with van der Waals surface area (Å²) in [4.78, 5) is 12.2. The van der Waals surface area contributed by atoms with Crippen molar-refractivity contribution in [3.63, 3.8) is 0 Å². The largest absolute Gasteiger partial charge is 0.464 e. The van der Waals surface area contributed by atoms with Crippen LogP contribution in [0.1, 0.15) is 39.5 Å². The molecule has 8 heteroatoms. The fourth-order valence-corrected chi connectivity index (χ4v) is 2.73. The Morgan fingerprint density at radius 2 is 2.14 bits per heavy atom. The number of hydrogen-bond donors (Lipinski definition) is 4. The van der Waals surface area contributed by atoms with Crippen LogP contribution in [0.15, 0.2) is 0 Å². The Bertz CT molecular complexity index is 472. The molecule has 2 rings (SSSR count). The van der Waals surface area contributed by atoms with Gasteiger partial charge in [-0.1, -0.05) is 19.8 Å². The number of nitrogens with one attached hydrogen (secondary N) is 2. The first-order valence-electron chi connectivity index (χ1n) is 7.36. The molecule has 1 aromatic rings. The molecule has 2 atom stereocenters. The topological polar surface area (TPSA) is 118 Å². The third-order valence-electron chi connectivity index (χ3n) is 3.66. The minimum absolute atomic E-state index is 0.201. The van der Waals surface area contributed by atoms with E-state index in [0.29, 0.717) is 25.0 Å². The lowest BCUT2D eigenvalue weighted by Gasteiger charge is -2.35. The molecule has 8 nitrogen and oxygen atoms in total. The second kappa shape index (κ2) is 6.86. The zero-order chi connectivity index (χ0) is 15.3. The Morgan fingerprint density at radius 1 is 1.38 bits per heavy atom. The summed E-state index contributed by atoms with van der Waals surface area (Å²) in [5, 5.41) is 13.7. The molecule has 1 aromatic heterocycles. The number of anilines is 2. The molecule has 0 radical (unpaired) electrons. The van der Waals surface area contributed by atoms with Gasteiger partial charge in [0.25, 0.3) is 0 Å². The Hall–Kier alpha value is -1.67. The van der Waals surface area contributed by atoms with Crippen molar-refractivity contribution in [3.05, 3.63) is 0 Å². The van der Waals surface area contributed by atoms with Crippen molar-refractivity contribution >= 4 is 11.9 Å². The predicted molar refractivity (Wildman–Crippen MR) is 79.9 cm³/mol. The van der Waals surface area contributed by atoms with E-state index in [2.05, 4.69) is 32.6 Å². The number of nitrogens with zero attached hydrogens (tertiary/aromatic N) is 3. The molecular formula is C13H24N6O2. The maximum absolute atomic E-state index is 10.6. The number of hydrogen-bond acceptors (Lipinski definition) is 8. The smallest absolute Gasteiger partial charge is 0.323 e. The van der Waals surface area contributed by atoms with E-state index in [4.69, 9.17) is 10.6 Å². The lowest BCUT2D eigenvalue weighted by molar-refractivity contribution is -0.000913. The third kappa shape index (κ3) is 4.40. The van der Waals surface area contributed by atoms with Gasteiger partial charge in [-0.05, 0) is 25.7 Å². The summed E-state index contributed by atoms with van der Waals surface area (Å²) in [6.07, 6.45) is 3.78. The van der Waals surface area contributed by atoms with Crippen LogP contribution >= 0.6 is 0 Å². The van der Waals surface area contributed by atoms with Crippen molar-refractivity contribution in [3.8, 4) is 6.01 Å². The van der Waals surface area contributed by atoms with Gasteiger partial charge < -0.3 is 15.2 Å². The zero-order valence-corrected chi connectivity index (χ0v) is 12.6. The lowest BCUT2D eigenvalue weighted by atomic mass is 9.79. The molecule has 2 unspecified atom stereocenters. The number of nitrogen functional groups attached to an aromatic ring is 1. The maximum atomic E-state index is 10.6. The fraction of sp³-hybridized carbons (Fsp3) is 0.769. The van der Waals surface area contributed by atoms with E-state index in [9.17, 15) is 5.11 Å². The standard InChI is InChI=1S/C13H24N6O2/c1-3-21-12-17-10(16-11(18-12)19-14)15-8-13(20)6-4-5-9(2)7-13/h9,20H,3-8,14H2,1-2H3,(H2,15,16,17,18,19). The molecule has 0 aromatic carbocycles. The van der Waals surface area contributed by atoms with Gasteiger partial charge in [0.05, 0.1) is 12.2 Å². The van der Waals surface area contributed by atoms with E-state index in [1.807, 2.05) is 6.92 Å². The van der Waals surface area contributed by atoms with Crippen molar-refractivity contribution in [2.45, 2.75) is 45.1 Å². The van der Waals surface area contributed by atoms with Crippen molar-refractivity contribution in [1.29, 1.82) is 0 Å². The summed E-state index contributed by atoms with van der Waals surface area (Å²) >= 11 is 0. The second-order valence-corrected chi connectivity index (χ2v) is 5.62. The Labute approximate surface area is 124 Å². The van der Waals surface area contributed by atoms with Crippen LogP contribution in [0.2, 0.25) is 0 Å². The van der Waals surface area contributed by atoms with Gasteiger partial charge in [-0.25, -0.2) is 5.84 Å². The van der Waals surface area contributed by atoms with Gasteiger partial charge in [-0.2, -0.15) is 15.0 Å². The van der Waals surface area contributed by atoms with Crippen LogP contribution in [-0.2, 0) is 0 Å². The van der Waals surface area contributed by atoms with Crippen molar-refractivity contribution in [2.75, 3.05) is 23.9 Å². The second-order valence-electron chi connectivity index (χ2n) is 5.62. The normalized spacial score (nSPS) is 25.4. The van der Waals surface area contributed by atoms with Gasteiger partial charge in [-0.15, -0.1) is 0 Å². The molecule has 21 heavy (non-hydrogen) atoms. The molecule has 1 saturated carbocycles. The molecule has 1 aliphatic carbocycles. The number of hydrazine groups is 1. The van der Waals surface area contributed by atoms with Crippen molar-refractivity contribution in [2.24, 2.45) is 11.8 Å². The molecule has 0 amide bonds. The molecular weight excluding hydrogens is 272 g/mol. The molecule has 0 spiro atoms. The summed E-state index contributed by atoms with van der Waals surface area (Å²) < 4.78 is 5.26. The molecule has 5 N–H and O–H groups in total. The van der Waals surface area contributed by atoms with Gasteiger partial charge in [0.1, 0.15) is 0 Å². The number of nitrogens with two attached hydrogens (primary N) is 1. The minimum Gasteiger partial charge on any atom is -0.464 e. The van der Waals surface area contributed by atoms with E-state index in [1.165, 1.54) is 6.42 Å². The highest BCUT2D eigenvalue weighted by Gasteiger charge is 2.32. The van der Waals surface area contributed by atoms with Crippen LogP contribution in [0, 0.1) is 5.92 Å². The van der Waals surface area contributed by atoms with E-state index < -0.39 is 5.60 Å². The first kappa shape index (κ1) is 15.7. The summed E-state index contributed by atoms with van der Waals surface area (Å²) in [5.74, 6) is 6.43. The number of rotatable bonds is 6. The molecule has 1 fully saturated rings. The molecule has 1 aliphatic rings. The van der Waals surface area contributed by atoms with Gasteiger partial charge in [0.2, 0.25) is 11.9 Å².